The van der Waals surface area contributed by atoms with E-state index in [4.69, 9.17) is 34.8 Å². The molecule has 0 heterocycles. The van der Waals surface area contributed by atoms with Crippen LogP contribution in [0.3, 0.4) is 0 Å². The number of nitrogens with one attached hydrogen (secondary N) is 2. The van der Waals surface area contributed by atoms with Gasteiger partial charge in [-0.05, 0) is 18.2 Å². The van der Waals surface area contributed by atoms with Gasteiger partial charge in [0.05, 0.1) is 10.7 Å². The standard InChI is InChI=1S/C12H14Cl3N3O2/c1-18(2)10-4-3-7(5-8(10)14)16-12(20)17-11(19)9(15)6-13/h3-5,9H,6H2,1-2H3,(H2,16,17,19,20). The Bertz CT molecular complexity index is 509. The highest BCUT2D eigenvalue weighted by molar-refractivity contribution is 6.37. The predicted molar refractivity (Wildman–Crippen MR) is 83.3 cm³/mol. The molecule has 3 amide bonds. The Morgan fingerprint density at radius 1 is 1.35 bits per heavy atom. The van der Waals surface area contributed by atoms with Crippen LogP contribution in [0.15, 0.2) is 18.2 Å². The number of carbonyl (C=O) groups is 2. The first-order chi connectivity index (χ1) is 9.35. The van der Waals surface area contributed by atoms with E-state index in [1.807, 2.05) is 19.0 Å². The lowest BCUT2D eigenvalue weighted by molar-refractivity contribution is -0.119. The number of urea groups is 1. The monoisotopic (exact) mass is 337 g/mol. The van der Waals surface area contributed by atoms with Gasteiger partial charge in [0.15, 0.2) is 0 Å². The van der Waals surface area contributed by atoms with E-state index in [1.54, 1.807) is 18.2 Å². The van der Waals surface area contributed by atoms with Gasteiger partial charge in [0.1, 0.15) is 5.38 Å². The van der Waals surface area contributed by atoms with Crippen LogP contribution in [0.25, 0.3) is 0 Å². The van der Waals surface area contributed by atoms with Crippen LogP contribution in [0.1, 0.15) is 0 Å². The molecule has 1 rings (SSSR count). The molecule has 0 saturated heterocycles. The number of benzene rings is 1. The molecule has 0 fully saturated rings. The normalized spacial score (nSPS) is 11.7. The number of hydrogen-bond acceptors (Lipinski definition) is 3. The maximum Gasteiger partial charge on any atom is 0.325 e. The lowest BCUT2D eigenvalue weighted by Crippen LogP contribution is -2.39. The number of imide groups is 1. The number of amides is 3. The van der Waals surface area contributed by atoms with Gasteiger partial charge in [0, 0.05) is 25.7 Å². The second kappa shape index (κ2) is 7.57. The summed E-state index contributed by atoms with van der Waals surface area (Å²) in [5.41, 5.74) is 1.28. The van der Waals surface area contributed by atoms with Crippen molar-refractivity contribution in [3.8, 4) is 0 Å². The maximum atomic E-state index is 11.6. The molecule has 0 aliphatic carbocycles. The van der Waals surface area contributed by atoms with Crippen molar-refractivity contribution in [1.82, 2.24) is 5.32 Å². The average Bonchev–Trinajstić information content (AvgIpc) is 2.37. The predicted octanol–water partition coefficient (Wildman–Crippen LogP) is 2.90. The number of halogens is 3. The van der Waals surface area contributed by atoms with Crippen molar-refractivity contribution in [3.63, 3.8) is 0 Å². The summed E-state index contributed by atoms with van der Waals surface area (Å²) in [6.45, 7) is 0. The number of hydrogen-bond donors (Lipinski definition) is 2. The van der Waals surface area contributed by atoms with Gasteiger partial charge in [-0.15, -0.1) is 23.2 Å². The first-order valence-corrected chi connectivity index (χ1v) is 6.98. The molecular formula is C12H14Cl3N3O2. The van der Waals surface area contributed by atoms with Crippen LogP contribution < -0.4 is 15.5 Å². The van der Waals surface area contributed by atoms with Gasteiger partial charge in [0.2, 0.25) is 5.91 Å². The Kier molecular flexibility index (Phi) is 6.39. The number of nitrogens with zero attached hydrogens (tertiary/aromatic N) is 1. The summed E-state index contributed by atoms with van der Waals surface area (Å²) in [6.07, 6.45) is 0. The molecule has 5 nitrogen and oxygen atoms in total. The molecule has 0 spiro atoms. The van der Waals surface area contributed by atoms with E-state index in [2.05, 4.69) is 10.6 Å². The summed E-state index contributed by atoms with van der Waals surface area (Å²) in [5, 5.41) is 4.09. The quantitative estimate of drug-likeness (QED) is 0.830. The largest absolute Gasteiger partial charge is 0.376 e. The molecule has 110 valence electrons. The fourth-order valence-electron chi connectivity index (χ4n) is 1.37. The lowest BCUT2D eigenvalue weighted by atomic mass is 10.2. The zero-order valence-corrected chi connectivity index (χ0v) is 13.2. The Labute approximate surface area is 132 Å². The van der Waals surface area contributed by atoms with E-state index in [9.17, 15) is 9.59 Å². The summed E-state index contributed by atoms with van der Waals surface area (Å²) in [6, 6.07) is 4.31. The zero-order valence-electron chi connectivity index (χ0n) is 10.9. The molecule has 0 aliphatic heterocycles. The minimum Gasteiger partial charge on any atom is -0.376 e. The Balaban J connectivity index is 2.67. The van der Waals surface area contributed by atoms with Crippen molar-refractivity contribution >= 4 is 58.1 Å². The van der Waals surface area contributed by atoms with Crippen molar-refractivity contribution in [1.29, 1.82) is 0 Å². The molecule has 1 atom stereocenters. The summed E-state index contributed by atoms with van der Waals surface area (Å²) in [4.78, 5) is 24.8. The van der Waals surface area contributed by atoms with Gasteiger partial charge in [-0.1, -0.05) is 11.6 Å². The van der Waals surface area contributed by atoms with E-state index >= 15 is 0 Å². The molecule has 0 radical (unpaired) electrons. The van der Waals surface area contributed by atoms with Gasteiger partial charge in [0.25, 0.3) is 0 Å². The van der Waals surface area contributed by atoms with Crippen LogP contribution in [-0.2, 0) is 4.79 Å². The van der Waals surface area contributed by atoms with Gasteiger partial charge in [-0.2, -0.15) is 0 Å². The second-order valence-corrected chi connectivity index (χ2v) is 5.37. The minimum atomic E-state index is -0.956. The molecule has 0 aliphatic rings. The van der Waals surface area contributed by atoms with E-state index in [1.165, 1.54) is 0 Å². The Morgan fingerprint density at radius 3 is 2.50 bits per heavy atom. The van der Waals surface area contributed by atoms with Crippen molar-refractivity contribution < 1.29 is 9.59 Å². The highest BCUT2D eigenvalue weighted by atomic mass is 35.5. The molecule has 1 aromatic carbocycles. The molecule has 1 unspecified atom stereocenters. The summed E-state index contributed by atoms with van der Waals surface area (Å²) in [7, 11) is 3.71. The third-order valence-electron chi connectivity index (χ3n) is 2.34. The van der Waals surface area contributed by atoms with E-state index in [0.29, 0.717) is 10.7 Å². The van der Waals surface area contributed by atoms with Crippen LogP contribution in [-0.4, -0.2) is 37.3 Å². The number of alkyl halides is 2. The van der Waals surface area contributed by atoms with Gasteiger partial charge in [-0.3, -0.25) is 10.1 Å². The van der Waals surface area contributed by atoms with E-state index < -0.39 is 17.3 Å². The highest BCUT2D eigenvalue weighted by Crippen LogP contribution is 2.27. The van der Waals surface area contributed by atoms with E-state index in [-0.39, 0.29) is 5.88 Å². The lowest BCUT2D eigenvalue weighted by Gasteiger charge is -2.15. The summed E-state index contributed by atoms with van der Waals surface area (Å²) >= 11 is 17.1. The second-order valence-electron chi connectivity index (χ2n) is 4.13. The van der Waals surface area contributed by atoms with Crippen molar-refractivity contribution in [3.05, 3.63) is 23.2 Å². The molecule has 8 heteroatoms. The smallest absolute Gasteiger partial charge is 0.325 e. The minimum absolute atomic E-state index is 0.0793. The molecule has 2 N–H and O–H groups in total. The highest BCUT2D eigenvalue weighted by Gasteiger charge is 2.16. The van der Waals surface area contributed by atoms with E-state index in [0.717, 1.165) is 5.69 Å². The molecule has 0 bridgehead atoms. The van der Waals surface area contributed by atoms with Crippen LogP contribution in [0.4, 0.5) is 16.2 Å². The van der Waals surface area contributed by atoms with Gasteiger partial charge < -0.3 is 10.2 Å². The molecule has 0 saturated carbocycles. The molecular weight excluding hydrogens is 325 g/mol. The Hall–Kier alpha value is -1.17. The van der Waals surface area contributed by atoms with Crippen LogP contribution >= 0.6 is 34.8 Å². The fraction of sp³-hybridized carbons (Fsp3) is 0.333. The summed E-state index contributed by atoms with van der Waals surface area (Å²) < 4.78 is 0. The average molecular weight is 339 g/mol. The van der Waals surface area contributed by atoms with Crippen molar-refractivity contribution in [2.24, 2.45) is 0 Å². The third-order valence-corrected chi connectivity index (χ3v) is 3.47. The SMILES string of the molecule is CN(C)c1ccc(NC(=O)NC(=O)C(Cl)CCl)cc1Cl. The molecule has 20 heavy (non-hydrogen) atoms. The van der Waals surface area contributed by atoms with Crippen LogP contribution in [0.2, 0.25) is 5.02 Å². The fourth-order valence-corrected chi connectivity index (χ4v) is 1.91. The zero-order chi connectivity index (χ0) is 15.3. The first-order valence-electron chi connectivity index (χ1n) is 5.64. The van der Waals surface area contributed by atoms with Crippen LogP contribution in [0.5, 0.6) is 0 Å². The van der Waals surface area contributed by atoms with Gasteiger partial charge in [-0.25, -0.2) is 4.79 Å². The van der Waals surface area contributed by atoms with Crippen molar-refractivity contribution in [2.75, 3.05) is 30.2 Å². The molecule has 1 aromatic rings. The third kappa shape index (κ3) is 4.74. The van der Waals surface area contributed by atoms with Crippen molar-refractivity contribution in [2.45, 2.75) is 5.38 Å². The number of anilines is 2. The number of carbonyl (C=O) groups excluding carboxylic acids is 2. The van der Waals surface area contributed by atoms with Gasteiger partial charge >= 0.3 is 6.03 Å². The van der Waals surface area contributed by atoms with Crippen LogP contribution in [0, 0.1) is 0 Å². The number of rotatable bonds is 4. The first kappa shape index (κ1) is 16.9. The Morgan fingerprint density at radius 2 is 2.00 bits per heavy atom. The topological polar surface area (TPSA) is 61.4 Å². The summed E-state index contributed by atoms with van der Waals surface area (Å²) in [5.74, 6) is -0.737. The maximum absolute atomic E-state index is 11.6. The molecule has 0 aromatic heterocycles.